The van der Waals surface area contributed by atoms with Crippen molar-refractivity contribution < 1.29 is 9.59 Å². The van der Waals surface area contributed by atoms with Gasteiger partial charge in [0.1, 0.15) is 0 Å². The highest BCUT2D eigenvalue weighted by Crippen LogP contribution is 2.01. The molecule has 0 radical (unpaired) electrons. The van der Waals surface area contributed by atoms with Gasteiger partial charge in [0.25, 0.3) is 0 Å². The van der Waals surface area contributed by atoms with Crippen molar-refractivity contribution in [1.82, 2.24) is 15.5 Å². The van der Waals surface area contributed by atoms with Gasteiger partial charge in [-0.25, -0.2) is 0 Å². The fourth-order valence-electron chi connectivity index (χ4n) is 2.52. The van der Waals surface area contributed by atoms with Gasteiger partial charge in [0.2, 0.25) is 12.3 Å². The molecule has 0 saturated carbocycles. The zero-order valence-corrected chi connectivity index (χ0v) is 14.3. The highest BCUT2D eigenvalue weighted by molar-refractivity contribution is 5.76. The van der Waals surface area contributed by atoms with Crippen LogP contribution in [0.25, 0.3) is 0 Å². The summed E-state index contributed by atoms with van der Waals surface area (Å²) in [6.45, 7) is 5.14. The van der Waals surface area contributed by atoms with E-state index in [0.717, 1.165) is 58.1 Å². The van der Waals surface area contributed by atoms with Gasteiger partial charge >= 0.3 is 0 Å². The lowest BCUT2D eigenvalue weighted by atomic mass is 10.1. The van der Waals surface area contributed by atoms with Gasteiger partial charge in [0, 0.05) is 32.1 Å². The summed E-state index contributed by atoms with van der Waals surface area (Å²) >= 11 is 0. The lowest BCUT2D eigenvalue weighted by Gasteiger charge is -2.18. The topological polar surface area (TPSA) is 61.4 Å². The molecule has 5 heteroatoms. The van der Waals surface area contributed by atoms with Crippen LogP contribution in [0.15, 0.2) is 24.3 Å². The van der Waals surface area contributed by atoms with Crippen LogP contribution in [0.1, 0.15) is 45.4 Å². The molecule has 0 aromatic carbocycles. The van der Waals surface area contributed by atoms with Crippen molar-refractivity contribution in [2.24, 2.45) is 0 Å². The van der Waals surface area contributed by atoms with E-state index >= 15 is 0 Å². The number of carbonyl (C=O) groups is 2. The molecule has 0 unspecified atom stereocenters. The molecule has 0 bridgehead atoms. The van der Waals surface area contributed by atoms with E-state index in [2.05, 4.69) is 41.9 Å². The van der Waals surface area contributed by atoms with Crippen LogP contribution in [0.2, 0.25) is 0 Å². The Morgan fingerprint density at radius 1 is 1.13 bits per heavy atom. The number of nitrogens with one attached hydrogen (secondary N) is 2. The second-order valence-corrected chi connectivity index (χ2v) is 5.86. The van der Waals surface area contributed by atoms with Crippen molar-refractivity contribution in [1.29, 1.82) is 0 Å². The fraction of sp³-hybridized carbons (Fsp3) is 0.667. The normalized spacial score (nSPS) is 22.4. The minimum absolute atomic E-state index is 0.0514. The minimum Gasteiger partial charge on any atom is -0.356 e. The highest BCUT2D eigenvalue weighted by atomic mass is 16.1. The lowest BCUT2D eigenvalue weighted by molar-refractivity contribution is -0.121. The number of hydrogen-bond acceptors (Lipinski definition) is 3. The van der Waals surface area contributed by atoms with E-state index in [0.29, 0.717) is 13.0 Å². The van der Waals surface area contributed by atoms with Crippen molar-refractivity contribution in [2.75, 3.05) is 26.2 Å². The van der Waals surface area contributed by atoms with Gasteiger partial charge in [-0.15, -0.1) is 0 Å². The molecule has 1 fully saturated rings. The van der Waals surface area contributed by atoms with Gasteiger partial charge in [0.15, 0.2) is 0 Å². The Bertz CT molecular complexity index is 394. The maximum atomic E-state index is 12.0. The van der Waals surface area contributed by atoms with Crippen LogP contribution < -0.4 is 10.6 Å². The van der Waals surface area contributed by atoms with E-state index < -0.39 is 0 Å². The number of rotatable bonds is 5. The first kappa shape index (κ1) is 19.4. The van der Waals surface area contributed by atoms with E-state index in [-0.39, 0.29) is 11.9 Å². The third-order valence-electron chi connectivity index (χ3n) is 3.82. The Kier molecular flexibility index (Phi) is 10.9. The van der Waals surface area contributed by atoms with Crippen molar-refractivity contribution in [3.05, 3.63) is 24.3 Å². The molecule has 5 nitrogen and oxygen atoms in total. The molecule has 130 valence electrons. The molecule has 1 atom stereocenters. The summed E-state index contributed by atoms with van der Waals surface area (Å²) in [7, 11) is 0. The summed E-state index contributed by atoms with van der Waals surface area (Å²) in [5.74, 6) is 0.0859. The summed E-state index contributed by atoms with van der Waals surface area (Å²) in [6.07, 6.45) is 14.5. The summed E-state index contributed by atoms with van der Waals surface area (Å²) in [5.41, 5.74) is 0. The van der Waals surface area contributed by atoms with Crippen molar-refractivity contribution >= 4 is 12.3 Å². The molecule has 23 heavy (non-hydrogen) atoms. The molecule has 1 rings (SSSR count). The van der Waals surface area contributed by atoms with E-state index in [9.17, 15) is 9.59 Å². The van der Waals surface area contributed by atoms with Crippen molar-refractivity contribution in [2.45, 2.75) is 51.5 Å². The molecule has 0 aromatic heterocycles. The molecular weight excluding hydrogens is 290 g/mol. The number of allylic oxidation sites excluding steroid dienone is 3. The second-order valence-electron chi connectivity index (χ2n) is 5.86. The summed E-state index contributed by atoms with van der Waals surface area (Å²) < 4.78 is 0. The smallest absolute Gasteiger partial charge is 0.221 e. The Hall–Kier alpha value is -1.62. The van der Waals surface area contributed by atoms with Crippen LogP contribution in [0.3, 0.4) is 0 Å². The van der Waals surface area contributed by atoms with E-state index in [1.54, 1.807) is 0 Å². The van der Waals surface area contributed by atoms with Gasteiger partial charge in [-0.1, -0.05) is 31.2 Å². The SMILES string of the molecule is CC/C=C\C/C=C\[C@@H]1CC(=O)NCCCCN(C=O)CCCN1. The van der Waals surface area contributed by atoms with Crippen LogP contribution in [0.4, 0.5) is 0 Å². The quantitative estimate of drug-likeness (QED) is 0.601. The Morgan fingerprint density at radius 2 is 1.96 bits per heavy atom. The molecule has 2 N–H and O–H groups in total. The molecule has 2 amide bonds. The maximum Gasteiger partial charge on any atom is 0.221 e. The molecule has 0 aliphatic carbocycles. The molecule has 1 saturated heterocycles. The Labute approximate surface area is 140 Å². The third kappa shape index (κ3) is 9.89. The van der Waals surface area contributed by atoms with Crippen LogP contribution in [-0.4, -0.2) is 49.4 Å². The van der Waals surface area contributed by atoms with Gasteiger partial charge < -0.3 is 15.5 Å². The molecule has 1 aliphatic rings. The maximum absolute atomic E-state index is 12.0. The van der Waals surface area contributed by atoms with Gasteiger partial charge in [-0.2, -0.15) is 0 Å². The molecule has 1 heterocycles. The highest BCUT2D eigenvalue weighted by Gasteiger charge is 2.11. The number of carbonyl (C=O) groups excluding carboxylic acids is 2. The molecule has 0 spiro atoms. The number of nitrogens with zero attached hydrogens (tertiary/aromatic N) is 1. The first-order valence-electron chi connectivity index (χ1n) is 8.77. The number of hydrogen-bond donors (Lipinski definition) is 2. The van der Waals surface area contributed by atoms with Crippen LogP contribution in [-0.2, 0) is 9.59 Å². The zero-order chi connectivity index (χ0) is 16.8. The van der Waals surface area contributed by atoms with E-state index in [1.165, 1.54) is 0 Å². The number of amides is 2. The third-order valence-corrected chi connectivity index (χ3v) is 3.82. The predicted octanol–water partition coefficient (Wildman–Crippen LogP) is 2.01. The molecular formula is C18H31N3O2. The fourth-order valence-corrected chi connectivity index (χ4v) is 2.52. The largest absolute Gasteiger partial charge is 0.356 e. The first-order valence-corrected chi connectivity index (χ1v) is 8.77. The Morgan fingerprint density at radius 3 is 2.74 bits per heavy atom. The minimum atomic E-state index is 0.0514. The average molecular weight is 321 g/mol. The summed E-state index contributed by atoms with van der Waals surface area (Å²) in [6, 6.07) is 0.0514. The standard InChI is InChI=1S/C18H31N3O2/c1-2-3-4-5-6-10-17-15-18(23)20-11-7-8-13-21(16-22)14-9-12-19-17/h3-4,6,10,16-17,19H,2,5,7-9,11-15H2,1H3,(H,20,23)/b4-3-,10-6-/t17-/m1/s1. The summed E-state index contributed by atoms with van der Waals surface area (Å²) in [5, 5.41) is 6.37. The van der Waals surface area contributed by atoms with Gasteiger partial charge in [-0.3, -0.25) is 9.59 Å². The molecule has 1 aliphatic heterocycles. The van der Waals surface area contributed by atoms with Gasteiger partial charge in [-0.05, 0) is 38.6 Å². The monoisotopic (exact) mass is 321 g/mol. The summed E-state index contributed by atoms with van der Waals surface area (Å²) in [4.78, 5) is 24.8. The first-order chi connectivity index (χ1) is 11.3. The van der Waals surface area contributed by atoms with Gasteiger partial charge in [0.05, 0.1) is 0 Å². The van der Waals surface area contributed by atoms with Crippen molar-refractivity contribution in [3.63, 3.8) is 0 Å². The van der Waals surface area contributed by atoms with Crippen LogP contribution in [0, 0.1) is 0 Å². The van der Waals surface area contributed by atoms with Crippen LogP contribution >= 0.6 is 0 Å². The average Bonchev–Trinajstić information content (AvgIpc) is 2.56. The Balaban J connectivity index is 2.52. The van der Waals surface area contributed by atoms with Crippen LogP contribution in [0.5, 0.6) is 0 Å². The van der Waals surface area contributed by atoms with E-state index in [1.807, 2.05) is 4.90 Å². The van der Waals surface area contributed by atoms with Crippen molar-refractivity contribution in [3.8, 4) is 0 Å². The van der Waals surface area contributed by atoms with E-state index in [4.69, 9.17) is 0 Å². The molecule has 0 aromatic rings. The predicted molar refractivity (Wildman–Crippen MR) is 94.1 cm³/mol. The second kappa shape index (κ2) is 12.9. The zero-order valence-electron chi connectivity index (χ0n) is 14.3. The lowest BCUT2D eigenvalue weighted by Crippen LogP contribution is -2.35.